The number of pyridine rings is 1. The molecule has 0 aromatic carbocycles. The first-order valence-electron chi connectivity index (χ1n) is 2.82. The number of aromatic nitrogens is 1. The smallest absolute Gasteiger partial charge is 0.0713 e. The van der Waals surface area contributed by atoms with Gasteiger partial charge >= 0.3 is 0 Å². The minimum Gasteiger partial charge on any atom is -0.322 e. The molecule has 0 saturated heterocycles. The Labute approximate surface area is 64.2 Å². The van der Waals surface area contributed by atoms with Gasteiger partial charge in [-0.15, -0.1) is 0 Å². The Kier molecular flexibility index (Phi) is 2.09. The third-order valence-electron chi connectivity index (χ3n) is 1.31. The molecule has 1 aromatic heterocycles. The SMILES string of the molecule is Cc1c(Cl)cncc1NN. The van der Waals surface area contributed by atoms with E-state index >= 15 is 0 Å². The fraction of sp³-hybridized carbons (Fsp3) is 0.167. The molecule has 10 heavy (non-hydrogen) atoms. The predicted molar refractivity (Wildman–Crippen MR) is 41.8 cm³/mol. The lowest BCUT2D eigenvalue weighted by Gasteiger charge is -2.03. The van der Waals surface area contributed by atoms with Gasteiger partial charge in [0.1, 0.15) is 0 Å². The highest BCUT2D eigenvalue weighted by atomic mass is 35.5. The summed E-state index contributed by atoms with van der Waals surface area (Å²) in [6.45, 7) is 1.87. The molecule has 4 heteroatoms. The molecule has 0 unspecified atom stereocenters. The van der Waals surface area contributed by atoms with Gasteiger partial charge in [-0.3, -0.25) is 10.8 Å². The molecule has 3 N–H and O–H groups in total. The van der Waals surface area contributed by atoms with E-state index in [0.29, 0.717) is 5.02 Å². The molecule has 0 atom stereocenters. The number of hydrogen-bond acceptors (Lipinski definition) is 3. The minimum atomic E-state index is 0.621. The standard InChI is InChI=1S/C6H8ClN3/c1-4-5(7)2-9-3-6(4)10-8/h2-3,10H,8H2,1H3. The van der Waals surface area contributed by atoms with E-state index < -0.39 is 0 Å². The number of halogens is 1. The number of rotatable bonds is 1. The van der Waals surface area contributed by atoms with Crippen molar-refractivity contribution in [3.8, 4) is 0 Å². The van der Waals surface area contributed by atoms with Crippen LogP contribution in [0.25, 0.3) is 0 Å². The molecule has 1 rings (SSSR count). The molecule has 0 fully saturated rings. The van der Waals surface area contributed by atoms with Gasteiger partial charge < -0.3 is 5.43 Å². The predicted octanol–water partition coefficient (Wildman–Crippen LogP) is 1.33. The van der Waals surface area contributed by atoms with Crippen molar-refractivity contribution in [3.05, 3.63) is 23.0 Å². The van der Waals surface area contributed by atoms with Gasteiger partial charge in [0, 0.05) is 6.20 Å². The van der Waals surface area contributed by atoms with Crippen LogP contribution in [0.2, 0.25) is 5.02 Å². The number of nitrogens with two attached hydrogens (primary N) is 1. The van der Waals surface area contributed by atoms with Gasteiger partial charge in [-0.2, -0.15) is 0 Å². The van der Waals surface area contributed by atoms with Gasteiger partial charge in [0.25, 0.3) is 0 Å². The van der Waals surface area contributed by atoms with E-state index in [1.807, 2.05) is 6.92 Å². The van der Waals surface area contributed by atoms with Gasteiger partial charge in [-0.25, -0.2) is 0 Å². The maximum absolute atomic E-state index is 5.73. The van der Waals surface area contributed by atoms with E-state index in [0.717, 1.165) is 11.3 Å². The summed E-state index contributed by atoms with van der Waals surface area (Å²) in [5, 5.41) is 0.621. The van der Waals surface area contributed by atoms with Gasteiger partial charge in [0.05, 0.1) is 16.9 Å². The normalized spacial score (nSPS) is 9.50. The minimum absolute atomic E-state index is 0.621. The number of hydrazine groups is 1. The van der Waals surface area contributed by atoms with Crippen LogP contribution in [0.1, 0.15) is 5.56 Å². The molecule has 0 spiro atoms. The Morgan fingerprint density at radius 2 is 2.30 bits per heavy atom. The van der Waals surface area contributed by atoms with Crippen molar-refractivity contribution in [2.24, 2.45) is 5.84 Å². The summed E-state index contributed by atoms with van der Waals surface area (Å²) in [5.41, 5.74) is 4.16. The second kappa shape index (κ2) is 2.86. The molecule has 0 bridgehead atoms. The first-order valence-corrected chi connectivity index (χ1v) is 3.20. The van der Waals surface area contributed by atoms with Crippen LogP contribution in [0.5, 0.6) is 0 Å². The van der Waals surface area contributed by atoms with Gasteiger partial charge in [0.15, 0.2) is 0 Å². The van der Waals surface area contributed by atoms with Crippen LogP contribution in [0, 0.1) is 6.92 Å². The Morgan fingerprint density at radius 3 is 2.80 bits per heavy atom. The van der Waals surface area contributed by atoms with Gasteiger partial charge in [0.2, 0.25) is 0 Å². The molecular formula is C6H8ClN3. The van der Waals surface area contributed by atoms with E-state index in [-0.39, 0.29) is 0 Å². The van der Waals surface area contributed by atoms with Crippen LogP contribution < -0.4 is 11.3 Å². The first kappa shape index (κ1) is 7.31. The molecule has 1 heterocycles. The highest BCUT2D eigenvalue weighted by Gasteiger charge is 1.98. The molecule has 3 nitrogen and oxygen atoms in total. The Balaban J connectivity index is 3.14. The summed E-state index contributed by atoms with van der Waals surface area (Å²) >= 11 is 5.73. The zero-order valence-electron chi connectivity index (χ0n) is 5.56. The molecule has 54 valence electrons. The average Bonchev–Trinajstić information content (AvgIpc) is 1.95. The summed E-state index contributed by atoms with van der Waals surface area (Å²) in [5.74, 6) is 5.17. The van der Waals surface area contributed by atoms with Crippen molar-refractivity contribution in [2.45, 2.75) is 6.92 Å². The number of nitrogens with zero attached hydrogens (tertiary/aromatic N) is 1. The van der Waals surface area contributed by atoms with E-state index in [4.69, 9.17) is 17.4 Å². The largest absolute Gasteiger partial charge is 0.322 e. The van der Waals surface area contributed by atoms with E-state index in [1.54, 1.807) is 12.4 Å². The summed E-state index contributed by atoms with van der Waals surface area (Å²) in [4.78, 5) is 3.84. The second-order valence-electron chi connectivity index (χ2n) is 1.94. The van der Waals surface area contributed by atoms with Crippen LogP contribution in [-0.2, 0) is 0 Å². The number of hydrogen-bond donors (Lipinski definition) is 2. The number of nitrogens with one attached hydrogen (secondary N) is 1. The van der Waals surface area contributed by atoms with E-state index in [9.17, 15) is 0 Å². The molecule has 0 amide bonds. The van der Waals surface area contributed by atoms with E-state index in [1.165, 1.54) is 0 Å². The summed E-state index contributed by atoms with van der Waals surface area (Å²) in [6.07, 6.45) is 3.21. The Morgan fingerprint density at radius 1 is 1.60 bits per heavy atom. The summed E-state index contributed by atoms with van der Waals surface area (Å²) in [6, 6.07) is 0. The fourth-order valence-corrected chi connectivity index (χ4v) is 0.803. The van der Waals surface area contributed by atoms with Crippen molar-refractivity contribution in [1.82, 2.24) is 4.98 Å². The maximum atomic E-state index is 5.73. The average molecular weight is 158 g/mol. The van der Waals surface area contributed by atoms with Crippen LogP contribution >= 0.6 is 11.6 Å². The number of nitrogen functional groups attached to an aromatic ring is 1. The summed E-state index contributed by atoms with van der Waals surface area (Å²) in [7, 11) is 0. The highest BCUT2D eigenvalue weighted by Crippen LogP contribution is 2.19. The molecular weight excluding hydrogens is 150 g/mol. The quantitative estimate of drug-likeness (QED) is 0.478. The van der Waals surface area contributed by atoms with Crippen LogP contribution in [-0.4, -0.2) is 4.98 Å². The highest BCUT2D eigenvalue weighted by molar-refractivity contribution is 6.31. The lowest BCUT2D eigenvalue weighted by molar-refractivity contribution is 1.23. The lowest BCUT2D eigenvalue weighted by atomic mass is 10.2. The number of anilines is 1. The molecule has 0 aliphatic heterocycles. The van der Waals surface area contributed by atoms with Crippen LogP contribution in [0.3, 0.4) is 0 Å². The third-order valence-corrected chi connectivity index (χ3v) is 1.69. The Hall–Kier alpha value is -0.800. The molecule has 0 aliphatic rings. The maximum Gasteiger partial charge on any atom is 0.0713 e. The zero-order chi connectivity index (χ0) is 7.56. The molecule has 0 saturated carbocycles. The van der Waals surface area contributed by atoms with Crippen LogP contribution in [0.4, 0.5) is 5.69 Å². The fourth-order valence-electron chi connectivity index (χ4n) is 0.645. The van der Waals surface area contributed by atoms with Crippen molar-refractivity contribution >= 4 is 17.3 Å². The zero-order valence-corrected chi connectivity index (χ0v) is 6.31. The molecule has 1 aromatic rings. The molecule has 0 aliphatic carbocycles. The van der Waals surface area contributed by atoms with Crippen molar-refractivity contribution in [3.63, 3.8) is 0 Å². The van der Waals surface area contributed by atoms with Crippen molar-refractivity contribution in [1.29, 1.82) is 0 Å². The monoisotopic (exact) mass is 157 g/mol. The molecule has 0 radical (unpaired) electrons. The first-order chi connectivity index (χ1) is 4.75. The van der Waals surface area contributed by atoms with E-state index in [2.05, 4.69) is 10.4 Å². The topological polar surface area (TPSA) is 50.9 Å². The Bertz CT molecular complexity index is 236. The van der Waals surface area contributed by atoms with Crippen LogP contribution in [0.15, 0.2) is 12.4 Å². The van der Waals surface area contributed by atoms with Crippen molar-refractivity contribution < 1.29 is 0 Å². The van der Waals surface area contributed by atoms with Gasteiger partial charge in [-0.05, 0) is 12.5 Å². The van der Waals surface area contributed by atoms with Gasteiger partial charge in [-0.1, -0.05) is 11.6 Å². The van der Waals surface area contributed by atoms with Crippen molar-refractivity contribution in [2.75, 3.05) is 5.43 Å². The third kappa shape index (κ3) is 1.20. The summed E-state index contributed by atoms with van der Waals surface area (Å²) < 4.78 is 0. The lowest BCUT2D eigenvalue weighted by Crippen LogP contribution is -2.08. The second-order valence-corrected chi connectivity index (χ2v) is 2.35.